The third-order valence-corrected chi connectivity index (χ3v) is 5.63. The van der Waals surface area contributed by atoms with E-state index >= 15 is 0 Å². The second-order valence-corrected chi connectivity index (χ2v) is 8.50. The summed E-state index contributed by atoms with van der Waals surface area (Å²) in [5, 5.41) is 2.88. The fourth-order valence-corrected chi connectivity index (χ4v) is 4.44. The smallest absolute Gasteiger partial charge is 0.321 e. The molecule has 6 nitrogen and oxygen atoms in total. The summed E-state index contributed by atoms with van der Waals surface area (Å²) in [4.78, 5) is 38.1. The number of amides is 3. The quantitative estimate of drug-likeness (QED) is 0.686. The summed E-state index contributed by atoms with van der Waals surface area (Å²) in [7, 11) is 0. The van der Waals surface area contributed by atoms with Crippen molar-refractivity contribution in [3.8, 4) is 0 Å². The molecule has 1 aliphatic heterocycles. The van der Waals surface area contributed by atoms with Crippen molar-refractivity contribution in [2.24, 2.45) is 17.1 Å². The minimum absolute atomic E-state index is 0.0202. The number of hydrogen-bond donors (Lipinski definition) is 2. The van der Waals surface area contributed by atoms with Crippen LogP contribution >= 0.6 is 0 Å². The largest absolute Gasteiger partial charge is 0.370 e. The van der Waals surface area contributed by atoms with Gasteiger partial charge >= 0.3 is 5.91 Å². The third-order valence-electron chi connectivity index (χ3n) is 5.63. The number of para-hydroxylation sites is 1. The number of primary amides is 1. The molecule has 0 aromatic heterocycles. The lowest BCUT2D eigenvalue weighted by Crippen LogP contribution is -2.60. The Morgan fingerprint density at radius 1 is 1.19 bits per heavy atom. The zero-order chi connectivity index (χ0) is 20.2. The lowest BCUT2D eigenvalue weighted by molar-refractivity contribution is -0.860. The molecule has 1 heterocycles. The van der Waals surface area contributed by atoms with Gasteiger partial charge in [-0.15, -0.1) is 0 Å². The Morgan fingerprint density at radius 2 is 1.81 bits per heavy atom. The van der Waals surface area contributed by atoms with E-state index < -0.39 is 11.3 Å². The summed E-state index contributed by atoms with van der Waals surface area (Å²) in [5.74, 6) is -0.406. The van der Waals surface area contributed by atoms with E-state index in [1.165, 1.54) is 0 Å². The molecule has 3 N–H and O–H groups in total. The molecule has 2 rings (SSSR count). The van der Waals surface area contributed by atoms with Gasteiger partial charge in [0.25, 0.3) is 5.91 Å². The van der Waals surface area contributed by atoms with E-state index in [2.05, 4.69) is 5.32 Å². The van der Waals surface area contributed by atoms with Crippen LogP contribution in [0.4, 0.5) is 5.69 Å². The maximum atomic E-state index is 13.6. The van der Waals surface area contributed by atoms with E-state index in [0.717, 1.165) is 0 Å². The van der Waals surface area contributed by atoms with Gasteiger partial charge in [-0.2, -0.15) is 0 Å². The fraction of sp³-hybridized carbons (Fsp3) is 0.571. The molecule has 3 amide bonds. The zero-order valence-electron chi connectivity index (χ0n) is 16.8. The summed E-state index contributed by atoms with van der Waals surface area (Å²) < 4.78 is 0.0681. The monoisotopic (exact) mass is 374 g/mol. The summed E-state index contributed by atoms with van der Waals surface area (Å²) in [6.45, 7) is 8.64. The normalized spacial score (nSPS) is 25.2. The highest BCUT2D eigenvalue weighted by Crippen LogP contribution is 2.45. The Bertz CT molecular complexity index is 702. The van der Waals surface area contributed by atoms with Crippen molar-refractivity contribution in [1.82, 2.24) is 0 Å². The van der Waals surface area contributed by atoms with Crippen LogP contribution in [-0.2, 0) is 14.4 Å². The summed E-state index contributed by atoms with van der Waals surface area (Å²) in [5.41, 5.74) is 5.43. The molecule has 2 unspecified atom stereocenters. The van der Waals surface area contributed by atoms with Crippen LogP contribution in [0.1, 0.15) is 47.0 Å². The van der Waals surface area contributed by atoms with Crippen molar-refractivity contribution in [2.75, 3.05) is 18.4 Å². The molecule has 0 spiro atoms. The highest BCUT2D eigenvalue weighted by Gasteiger charge is 2.60. The number of carbonyl (C=O) groups is 3. The van der Waals surface area contributed by atoms with Gasteiger partial charge in [0.2, 0.25) is 5.91 Å². The van der Waals surface area contributed by atoms with Crippen molar-refractivity contribution >= 4 is 23.4 Å². The maximum absolute atomic E-state index is 13.6. The molecular formula is C21H32N3O3+. The average Bonchev–Trinajstić information content (AvgIpc) is 2.81. The van der Waals surface area contributed by atoms with Crippen LogP contribution in [0, 0.1) is 11.3 Å². The van der Waals surface area contributed by atoms with Gasteiger partial charge in [-0.1, -0.05) is 32.0 Å². The molecule has 0 bridgehead atoms. The number of likely N-dealkylation sites (tertiary alicyclic amines) is 1. The molecule has 2 atom stereocenters. The predicted octanol–water partition coefficient (Wildman–Crippen LogP) is 2.69. The third kappa shape index (κ3) is 4.56. The number of anilines is 1. The lowest BCUT2D eigenvalue weighted by Gasteiger charge is -2.37. The summed E-state index contributed by atoms with van der Waals surface area (Å²) in [6.07, 6.45) is 1.25. The number of nitrogens with one attached hydrogen (secondary N) is 1. The standard InChI is InChI=1S/C21H31N3O3/c1-15(2)12-21(13-18(22)25)10-11-24(16(3)4,20(21)27)14-19(26)23-17-8-6-5-7-9-17/h5-9,15-16H,10-14H2,1-4H3,(H2-,22,23,25,26)/p+1. The number of nitrogens with two attached hydrogens (primary N) is 1. The first-order valence-electron chi connectivity index (χ1n) is 9.66. The maximum Gasteiger partial charge on any atom is 0.321 e. The first kappa shape index (κ1) is 21.1. The molecule has 1 aromatic carbocycles. The number of nitrogens with zero attached hydrogens (tertiary/aromatic N) is 1. The van der Waals surface area contributed by atoms with Gasteiger partial charge in [-0.05, 0) is 38.3 Å². The topological polar surface area (TPSA) is 89.3 Å². The van der Waals surface area contributed by atoms with E-state index in [-0.39, 0.29) is 41.2 Å². The van der Waals surface area contributed by atoms with Gasteiger partial charge in [0.1, 0.15) is 0 Å². The molecule has 148 valence electrons. The predicted molar refractivity (Wildman–Crippen MR) is 106 cm³/mol. The second-order valence-electron chi connectivity index (χ2n) is 8.50. The van der Waals surface area contributed by atoms with Crippen molar-refractivity contribution in [1.29, 1.82) is 0 Å². The van der Waals surface area contributed by atoms with Crippen LogP contribution in [0.2, 0.25) is 0 Å². The van der Waals surface area contributed by atoms with E-state index in [1.807, 2.05) is 58.0 Å². The minimum Gasteiger partial charge on any atom is -0.370 e. The van der Waals surface area contributed by atoms with Gasteiger partial charge in [0.05, 0.1) is 18.0 Å². The van der Waals surface area contributed by atoms with Crippen molar-refractivity contribution in [2.45, 2.75) is 53.0 Å². The molecule has 0 radical (unpaired) electrons. The number of quaternary nitrogens is 1. The summed E-state index contributed by atoms with van der Waals surface area (Å²) in [6, 6.07) is 9.17. The van der Waals surface area contributed by atoms with Gasteiger partial charge in [0.15, 0.2) is 6.54 Å². The first-order chi connectivity index (χ1) is 12.6. The minimum atomic E-state index is -0.767. The van der Waals surface area contributed by atoms with Crippen LogP contribution in [0.3, 0.4) is 0 Å². The lowest BCUT2D eigenvalue weighted by atomic mass is 9.75. The molecule has 1 aliphatic rings. The van der Waals surface area contributed by atoms with Crippen molar-refractivity contribution < 1.29 is 18.9 Å². The van der Waals surface area contributed by atoms with E-state index in [9.17, 15) is 14.4 Å². The van der Waals surface area contributed by atoms with Crippen molar-refractivity contribution in [3.63, 3.8) is 0 Å². The Morgan fingerprint density at radius 3 is 2.33 bits per heavy atom. The Labute approximate surface area is 161 Å². The molecule has 1 fully saturated rings. The zero-order valence-corrected chi connectivity index (χ0v) is 16.8. The number of carbonyl (C=O) groups excluding carboxylic acids is 3. The molecule has 1 aromatic rings. The first-order valence-corrected chi connectivity index (χ1v) is 9.66. The van der Waals surface area contributed by atoms with Crippen LogP contribution in [0.25, 0.3) is 0 Å². The number of rotatable bonds is 8. The Hall–Kier alpha value is -2.21. The number of hydrogen-bond acceptors (Lipinski definition) is 3. The summed E-state index contributed by atoms with van der Waals surface area (Å²) >= 11 is 0. The number of benzene rings is 1. The van der Waals surface area contributed by atoms with Crippen LogP contribution in [-0.4, -0.2) is 41.3 Å². The van der Waals surface area contributed by atoms with Crippen LogP contribution in [0.15, 0.2) is 30.3 Å². The molecule has 1 saturated heterocycles. The van der Waals surface area contributed by atoms with Gasteiger partial charge < -0.3 is 11.1 Å². The Kier molecular flexibility index (Phi) is 6.42. The fourth-order valence-electron chi connectivity index (χ4n) is 4.44. The van der Waals surface area contributed by atoms with E-state index in [1.54, 1.807) is 0 Å². The van der Waals surface area contributed by atoms with Gasteiger partial charge in [-0.3, -0.25) is 14.1 Å². The van der Waals surface area contributed by atoms with Gasteiger partial charge in [0, 0.05) is 18.5 Å². The van der Waals surface area contributed by atoms with Gasteiger partial charge in [-0.25, -0.2) is 4.79 Å². The molecular weight excluding hydrogens is 342 g/mol. The van der Waals surface area contributed by atoms with Crippen LogP contribution < -0.4 is 11.1 Å². The van der Waals surface area contributed by atoms with E-state index in [0.29, 0.717) is 25.1 Å². The highest BCUT2D eigenvalue weighted by molar-refractivity contribution is 5.94. The molecule has 0 aliphatic carbocycles. The molecule has 0 saturated carbocycles. The second kappa shape index (κ2) is 8.21. The highest BCUT2D eigenvalue weighted by atomic mass is 16.2. The van der Waals surface area contributed by atoms with Crippen molar-refractivity contribution in [3.05, 3.63) is 30.3 Å². The average molecular weight is 375 g/mol. The molecule has 6 heteroatoms. The van der Waals surface area contributed by atoms with E-state index in [4.69, 9.17) is 5.73 Å². The molecule has 27 heavy (non-hydrogen) atoms. The van der Waals surface area contributed by atoms with Crippen LogP contribution in [0.5, 0.6) is 0 Å². The Balaban J connectivity index is 2.28. The SMILES string of the molecule is CC(C)CC1(CC(N)=O)CC[N+](CC(=O)Nc2ccccc2)(C(C)C)C1=O.